The van der Waals surface area contributed by atoms with E-state index in [1.54, 1.807) is 0 Å². The summed E-state index contributed by atoms with van der Waals surface area (Å²) in [5, 5.41) is 6.05. The van der Waals surface area contributed by atoms with E-state index in [2.05, 4.69) is 31.4 Å². The van der Waals surface area contributed by atoms with Gasteiger partial charge < -0.3 is 10.6 Å². The molecule has 0 aliphatic heterocycles. The lowest BCUT2D eigenvalue weighted by Crippen LogP contribution is -2.43. The van der Waals surface area contributed by atoms with Gasteiger partial charge in [-0.1, -0.05) is 57.5 Å². The second kappa shape index (κ2) is 9.02. The molecule has 1 aliphatic rings. The van der Waals surface area contributed by atoms with Crippen LogP contribution in [0.3, 0.4) is 0 Å². The van der Waals surface area contributed by atoms with E-state index in [4.69, 9.17) is 0 Å². The molecule has 138 valence electrons. The first-order valence-corrected chi connectivity index (χ1v) is 9.48. The minimum absolute atomic E-state index is 0.0810. The molecule has 2 N–H and O–H groups in total. The maximum Gasteiger partial charge on any atom is 0.223 e. The fraction of sp³-hybridized carbons (Fsp3) is 0.619. The molecular formula is C21H32N2O2. The average molecular weight is 344 g/mol. The van der Waals surface area contributed by atoms with Gasteiger partial charge in [-0.2, -0.15) is 0 Å². The van der Waals surface area contributed by atoms with E-state index in [0.717, 1.165) is 18.4 Å². The van der Waals surface area contributed by atoms with Gasteiger partial charge in [-0.25, -0.2) is 0 Å². The zero-order valence-electron chi connectivity index (χ0n) is 15.9. The molecule has 2 rings (SSSR count). The third-order valence-corrected chi connectivity index (χ3v) is 5.42. The first-order chi connectivity index (χ1) is 11.9. The molecule has 0 bridgehead atoms. The predicted octanol–water partition coefficient (Wildman–Crippen LogP) is 3.69. The van der Waals surface area contributed by atoms with Gasteiger partial charge in [0.15, 0.2) is 0 Å². The summed E-state index contributed by atoms with van der Waals surface area (Å²) in [7, 11) is 0. The summed E-state index contributed by atoms with van der Waals surface area (Å²) in [5.41, 5.74) is 1.01. The van der Waals surface area contributed by atoms with Crippen LogP contribution in [0.2, 0.25) is 0 Å². The van der Waals surface area contributed by atoms with Crippen LogP contribution in [0.1, 0.15) is 58.6 Å². The second-order valence-corrected chi connectivity index (χ2v) is 7.84. The van der Waals surface area contributed by atoms with Crippen molar-refractivity contribution in [3.8, 4) is 0 Å². The maximum atomic E-state index is 12.9. The zero-order chi connectivity index (χ0) is 18.4. The fourth-order valence-corrected chi connectivity index (χ4v) is 4.02. The standard InChI is InChI=1S/C21H32N2O2/c1-14(2)18-11-10-15(3)12-19(18)21(25)22-13-20(23-16(4)24)17-8-6-5-7-9-17/h5-9,14-15,18-20H,10-13H2,1-4H3,(H,22,25)(H,23,24)/t15?,18-,19?,20?/m0/s1. The minimum atomic E-state index is -0.193. The molecule has 4 heteroatoms. The first-order valence-electron chi connectivity index (χ1n) is 9.48. The van der Waals surface area contributed by atoms with E-state index >= 15 is 0 Å². The van der Waals surface area contributed by atoms with Crippen LogP contribution in [-0.2, 0) is 9.59 Å². The summed E-state index contributed by atoms with van der Waals surface area (Å²) in [6.45, 7) is 8.60. The van der Waals surface area contributed by atoms with Crippen LogP contribution in [0.4, 0.5) is 0 Å². The van der Waals surface area contributed by atoms with Gasteiger partial charge in [0.25, 0.3) is 0 Å². The Bertz CT molecular complexity index is 571. The fourth-order valence-electron chi connectivity index (χ4n) is 4.02. The first kappa shape index (κ1) is 19.5. The molecule has 0 radical (unpaired) electrons. The highest BCUT2D eigenvalue weighted by atomic mass is 16.2. The molecule has 1 aliphatic carbocycles. The highest BCUT2D eigenvalue weighted by molar-refractivity contribution is 5.79. The topological polar surface area (TPSA) is 58.2 Å². The molecular weight excluding hydrogens is 312 g/mol. The van der Waals surface area contributed by atoms with E-state index in [-0.39, 0.29) is 23.8 Å². The van der Waals surface area contributed by atoms with Crippen LogP contribution in [0.25, 0.3) is 0 Å². The van der Waals surface area contributed by atoms with Crippen molar-refractivity contribution in [1.29, 1.82) is 0 Å². The van der Waals surface area contributed by atoms with Gasteiger partial charge in [-0.3, -0.25) is 9.59 Å². The smallest absolute Gasteiger partial charge is 0.223 e. The number of nitrogens with one attached hydrogen (secondary N) is 2. The molecule has 1 aromatic carbocycles. The minimum Gasteiger partial charge on any atom is -0.353 e. The van der Waals surface area contributed by atoms with Crippen molar-refractivity contribution in [2.75, 3.05) is 6.54 Å². The number of hydrogen-bond donors (Lipinski definition) is 2. The Morgan fingerprint density at radius 2 is 1.84 bits per heavy atom. The lowest BCUT2D eigenvalue weighted by atomic mass is 9.70. The van der Waals surface area contributed by atoms with E-state index < -0.39 is 0 Å². The number of benzene rings is 1. The largest absolute Gasteiger partial charge is 0.353 e. The quantitative estimate of drug-likeness (QED) is 0.827. The van der Waals surface area contributed by atoms with Crippen LogP contribution in [0.15, 0.2) is 30.3 Å². The van der Waals surface area contributed by atoms with Crippen molar-refractivity contribution in [3.63, 3.8) is 0 Å². The molecule has 2 amide bonds. The van der Waals surface area contributed by atoms with Crippen molar-refractivity contribution in [2.45, 2.75) is 53.0 Å². The Morgan fingerprint density at radius 1 is 1.16 bits per heavy atom. The molecule has 0 saturated heterocycles. The highest BCUT2D eigenvalue weighted by Gasteiger charge is 2.35. The van der Waals surface area contributed by atoms with Crippen molar-refractivity contribution in [1.82, 2.24) is 10.6 Å². The third kappa shape index (κ3) is 5.58. The lowest BCUT2D eigenvalue weighted by molar-refractivity contribution is -0.129. The third-order valence-electron chi connectivity index (χ3n) is 5.42. The molecule has 0 aromatic heterocycles. The van der Waals surface area contributed by atoms with Crippen LogP contribution in [0, 0.1) is 23.7 Å². The van der Waals surface area contributed by atoms with Crippen molar-refractivity contribution in [3.05, 3.63) is 35.9 Å². The van der Waals surface area contributed by atoms with Gasteiger partial charge in [-0.15, -0.1) is 0 Å². The van der Waals surface area contributed by atoms with Crippen LogP contribution < -0.4 is 10.6 Å². The summed E-state index contributed by atoms with van der Waals surface area (Å²) < 4.78 is 0. The molecule has 1 aromatic rings. The number of rotatable bonds is 6. The number of hydrogen-bond acceptors (Lipinski definition) is 2. The summed E-state index contributed by atoms with van der Waals surface area (Å²) in [6.07, 6.45) is 3.31. The number of amides is 2. The number of carbonyl (C=O) groups is 2. The Balaban J connectivity index is 2.03. The van der Waals surface area contributed by atoms with Gasteiger partial charge in [0.05, 0.1) is 6.04 Å². The summed E-state index contributed by atoms with van der Waals surface area (Å²) in [6, 6.07) is 9.61. The Hall–Kier alpha value is -1.84. The van der Waals surface area contributed by atoms with Crippen LogP contribution in [-0.4, -0.2) is 18.4 Å². The van der Waals surface area contributed by atoms with Gasteiger partial charge in [0.2, 0.25) is 11.8 Å². The molecule has 4 atom stereocenters. The maximum absolute atomic E-state index is 12.9. The molecule has 0 heterocycles. The van der Waals surface area contributed by atoms with Gasteiger partial charge >= 0.3 is 0 Å². The molecule has 3 unspecified atom stereocenters. The Labute approximate surface area is 151 Å². The van der Waals surface area contributed by atoms with Gasteiger partial charge in [0.1, 0.15) is 0 Å². The van der Waals surface area contributed by atoms with E-state index in [1.807, 2.05) is 30.3 Å². The second-order valence-electron chi connectivity index (χ2n) is 7.84. The highest BCUT2D eigenvalue weighted by Crippen LogP contribution is 2.38. The van der Waals surface area contributed by atoms with Crippen molar-refractivity contribution < 1.29 is 9.59 Å². The molecule has 0 spiro atoms. The predicted molar refractivity (Wildman–Crippen MR) is 101 cm³/mol. The Morgan fingerprint density at radius 3 is 2.44 bits per heavy atom. The number of carbonyl (C=O) groups excluding carboxylic acids is 2. The summed E-state index contributed by atoms with van der Waals surface area (Å²) >= 11 is 0. The van der Waals surface area contributed by atoms with Gasteiger partial charge in [-0.05, 0) is 36.2 Å². The van der Waals surface area contributed by atoms with E-state index in [0.29, 0.717) is 24.3 Å². The van der Waals surface area contributed by atoms with Crippen LogP contribution in [0.5, 0.6) is 0 Å². The van der Waals surface area contributed by atoms with Crippen molar-refractivity contribution in [2.24, 2.45) is 23.7 Å². The summed E-state index contributed by atoms with van der Waals surface area (Å²) in [5.74, 6) is 1.70. The molecule has 25 heavy (non-hydrogen) atoms. The van der Waals surface area contributed by atoms with Crippen LogP contribution >= 0.6 is 0 Å². The van der Waals surface area contributed by atoms with E-state index in [9.17, 15) is 9.59 Å². The Kier molecular flexibility index (Phi) is 7.03. The molecule has 4 nitrogen and oxygen atoms in total. The van der Waals surface area contributed by atoms with Gasteiger partial charge in [0, 0.05) is 19.4 Å². The normalized spacial score (nSPS) is 24.6. The van der Waals surface area contributed by atoms with Crippen molar-refractivity contribution >= 4 is 11.8 Å². The summed E-state index contributed by atoms with van der Waals surface area (Å²) in [4.78, 5) is 24.4. The van der Waals surface area contributed by atoms with E-state index in [1.165, 1.54) is 13.3 Å². The monoisotopic (exact) mass is 344 g/mol. The lowest BCUT2D eigenvalue weighted by Gasteiger charge is -2.36. The molecule has 1 saturated carbocycles. The molecule has 1 fully saturated rings. The SMILES string of the molecule is CC(=O)NC(CNC(=O)C1CC(C)CC[C@H]1C(C)C)c1ccccc1. The zero-order valence-corrected chi connectivity index (χ0v) is 15.9. The average Bonchev–Trinajstić information content (AvgIpc) is 2.58.